The largest absolute Gasteiger partial charge is 0.437 e. The summed E-state index contributed by atoms with van der Waals surface area (Å²) < 4.78 is 6.42. The number of fused-ring (bicyclic) bond motifs is 5. The molecule has 3 aromatic heterocycles. The molecule has 0 radical (unpaired) electrons. The molecule has 1 saturated carbocycles. The van der Waals surface area contributed by atoms with E-state index in [0.29, 0.717) is 5.71 Å². The molecule has 33 heavy (non-hydrogen) atoms. The molecule has 0 amide bonds. The predicted molar refractivity (Wildman–Crippen MR) is 142 cm³/mol. The Morgan fingerprint density at radius 3 is 2.45 bits per heavy atom. The van der Waals surface area contributed by atoms with E-state index in [-0.39, 0.29) is 5.21 Å². The topological polar surface area (TPSA) is 38.9 Å². The average Bonchev–Trinajstić information content (AvgIpc) is 3.24. The molecule has 162 valence electrons. The van der Waals surface area contributed by atoms with Crippen LogP contribution in [0, 0.1) is 12.8 Å². The fraction of sp³-hybridized carbons (Fsp3) is 0.286. The number of aromatic nitrogens is 2. The minimum atomic E-state index is 0.122. The zero-order valence-electron chi connectivity index (χ0n) is 19.7. The molecule has 5 aromatic rings. The van der Waals surface area contributed by atoms with Crippen molar-refractivity contribution in [3.05, 3.63) is 72.1 Å². The highest BCUT2D eigenvalue weighted by atomic mass is 16.3. The van der Waals surface area contributed by atoms with Crippen molar-refractivity contribution in [3.63, 3.8) is 0 Å². The van der Waals surface area contributed by atoms with Crippen molar-refractivity contribution >= 4 is 48.5 Å². The summed E-state index contributed by atoms with van der Waals surface area (Å²) in [6.45, 7) is 2.19. The third kappa shape index (κ3) is 3.20. The van der Waals surface area contributed by atoms with Gasteiger partial charge in [-0.2, -0.15) is 0 Å². The summed E-state index contributed by atoms with van der Waals surface area (Å²) in [5, 5.41) is 4.76. The van der Waals surface area contributed by atoms with Crippen LogP contribution in [0.25, 0.3) is 44.1 Å². The first-order chi connectivity index (χ1) is 16.1. The van der Waals surface area contributed by atoms with Crippen molar-refractivity contribution in [1.82, 2.24) is 9.97 Å². The number of rotatable bonds is 3. The summed E-state index contributed by atoms with van der Waals surface area (Å²) in [5.41, 5.74) is 6.22. The molecule has 3 heterocycles. The van der Waals surface area contributed by atoms with E-state index in [1.165, 1.54) is 54.0 Å². The van der Waals surface area contributed by atoms with E-state index in [1.807, 2.05) is 12.3 Å². The molecule has 0 bridgehead atoms. The van der Waals surface area contributed by atoms with Crippen LogP contribution in [-0.2, 0) is 5.21 Å². The molecule has 0 saturated heterocycles. The van der Waals surface area contributed by atoms with Crippen molar-refractivity contribution in [2.24, 2.45) is 5.92 Å². The molecule has 0 unspecified atom stereocenters. The average molecular weight is 430 g/mol. The Labute approximate surface area is 196 Å². The van der Waals surface area contributed by atoms with E-state index in [9.17, 15) is 0 Å². The van der Waals surface area contributed by atoms with Crippen molar-refractivity contribution in [2.45, 2.75) is 44.2 Å². The van der Waals surface area contributed by atoms with Gasteiger partial charge in [-0.1, -0.05) is 67.1 Å². The summed E-state index contributed by atoms with van der Waals surface area (Å²) >= 11 is 0. The predicted octanol–water partition coefficient (Wildman–Crippen LogP) is 5.50. The Hall–Kier alpha value is -3.07. The van der Waals surface area contributed by atoms with Crippen LogP contribution in [0.1, 0.15) is 43.2 Å². The van der Waals surface area contributed by atoms with E-state index in [4.69, 9.17) is 9.40 Å². The zero-order valence-corrected chi connectivity index (χ0v) is 19.7. The maximum absolute atomic E-state index is 6.42. The molecule has 0 spiro atoms. The number of aryl methyl sites for hydroxylation is 1. The highest BCUT2D eigenvalue weighted by Gasteiger charge is 2.32. The fourth-order valence-corrected chi connectivity index (χ4v) is 6.05. The van der Waals surface area contributed by atoms with E-state index < -0.39 is 0 Å². The molecular weight excluding hydrogens is 402 g/mol. The van der Waals surface area contributed by atoms with Gasteiger partial charge in [0.05, 0.1) is 5.69 Å². The van der Waals surface area contributed by atoms with Gasteiger partial charge in [-0.05, 0) is 53.4 Å². The lowest BCUT2D eigenvalue weighted by molar-refractivity contribution is 0.327. The molecule has 1 aliphatic rings. The van der Waals surface area contributed by atoms with Crippen LogP contribution in [0.3, 0.4) is 0 Å². The number of furan rings is 1. The SMILES string of the molecule is BC(B)(c1ccnc(-c2c(C)c3ccccc3c3c2oc2ncccc23)c1)C1CCCCC1. The highest BCUT2D eigenvalue weighted by Crippen LogP contribution is 2.43. The Bertz CT molecular complexity index is 1500. The Kier molecular flexibility index (Phi) is 4.83. The molecule has 1 aliphatic carbocycles. The first kappa shape index (κ1) is 20.5. The number of hydrogen-bond acceptors (Lipinski definition) is 3. The minimum absolute atomic E-state index is 0.122. The minimum Gasteiger partial charge on any atom is -0.437 e. The number of benzene rings is 2. The summed E-state index contributed by atoms with van der Waals surface area (Å²) in [7, 11) is 4.83. The lowest BCUT2D eigenvalue weighted by atomic mass is 9.43. The van der Waals surface area contributed by atoms with E-state index in [0.717, 1.165) is 33.5 Å². The summed E-state index contributed by atoms with van der Waals surface area (Å²) in [4.78, 5) is 9.40. The van der Waals surface area contributed by atoms with Gasteiger partial charge < -0.3 is 4.42 Å². The van der Waals surface area contributed by atoms with Gasteiger partial charge in [0.15, 0.2) is 0 Å². The molecule has 0 N–H and O–H groups in total. The maximum atomic E-state index is 6.42. The molecule has 2 aromatic carbocycles. The first-order valence-electron chi connectivity index (χ1n) is 12.2. The zero-order chi connectivity index (χ0) is 22.6. The second-order valence-electron chi connectivity index (χ2n) is 10.2. The van der Waals surface area contributed by atoms with Crippen molar-refractivity contribution < 1.29 is 4.42 Å². The maximum Gasteiger partial charge on any atom is 0.227 e. The van der Waals surface area contributed by atoms with Gasteiger partial charge in [0.25, 0.3) is 0 Å². The smallest absolute Gasteiger partial charge is 0.227 e. The van der Waals surface area contributed by atoms with Crippen molar-refractivity contribution in [2.75, 3.05) is 0 Å². The second kappa shape index (κ2) is 7.76. The first-order valence-corrected chi connectivity index (χ1v) is 12.2. The van der Waals surface area contributed by atoms with Crippen LogP contribution in [-0.4, -0.2) is 25.7 Å². The third-order valence-corrected chi connectivity index (χ3v) is 8.05. The van der Waals surface area contributed by atoms with Crippen molar-refractivity contribution in [3.8, 4) is 11.3 Å². The fourth-order valence-electron chi connectivity index (χ4n) is 6.05. The van der Waals surface area contributed by atoms with Crippen LogP contribution >= 0.6 is 0 Å². The van der Waals surface area contributed by atoms with Crippen LogP contribution in [0.5, 0.6) is 0 Å². The van der Waals surface area contributed by atoms with Crippen LogP contribution in [0.2, 0.25) is 0 Å². The van der Waals surface area contributed by atoms with Crippen LogP contribution < -0.4 is 0 Å². The number of hydrogen-bond donors (Lipinski definition) is 0. The van der Waals surface area contributed by atoms with Gasteiger partial charge in [0.2, 0.25) is 5.71 Å². The molecular formula is C28H28B2N2O. The summed E-state index contributed by atoms with van der Waals surface area (Å²) in [5.74, 6) is 0.717. The van der Waals surface area contributed by atoms with Crippen LogP contribution in [0.4, 0.5) is 0 Å². The highest BCUT2D eigenvalue weighted by molar-refractivity contribution is 6.40. The second-order valence-corrected chi connectivity index (χ2v) is 10.2. The van der Waals surface area contributed by atoms with Crippen LogP contribution in [0.15, 0.2) is 65.3 Å². The molecule has 1 fully saturated rings. The number of pyridine rings is 2. The van der Waals surface area contributed by atoms with E-state index in [2.05, 4.69) is 70.1 Å². The normalized spacial score (nSPS) is 15.5. The van der Waals surface area contributed by atoms with Gasteiger partial charge in [-0.25, -0.2) is 4.98 Å². The lowest BCUT2D eigenvalue weighted by Crippen LogP contribution is -2.37. The third-order valence-electron chi connectivity index (χ3n) is 8.05. The van der Waals surface area contributed by atoms with Gasteiger partial charge in [0.1, 0.15) is 21.3 Å². The van der Waals surface area contributed by atoms with Gasteiger partial charge in [-0.15, -0.1) is 0 Å². The lowest BCUT2D eigenvalue weighted by Gasteiger charge is -2.38. The van der Waals surface area contributed by atoms with Gasteiger partial charge >= 0.3 is 0 Å². The summed E-state index contributed by atoms with van der Waals surface area (Å²) in [6.07, 6.45) is 10.5. The van der Waals surface area contributed by atoms with Gasteiger partial charge in [0, 0.05) is 28.7 Å². The number of nitrogens with zero attached hydrogens (tertiary/aromatic N) is 2. The molecule has 6 rings (SSSR count). The Morgan fingerprint density at radius 2 is 1.64 bits per heavy atom. The Balaban J connectivity index is 1.62. The van der Waals surface area contributed by atoms with Crippen molar-refractivity contribution in [1.29, 1.82) is 0 Å². The summed E-state index contributed by atoms with van der Waals surface area (Å²) in [6, 6.07) is 17.2. The van der Waals surface area contributed by atoms with Gasteiger partial charge in [-0.3, -0.25) is 4.98 Å². The monoisotopic (exact) mass is 430 g/mol. The molecule has 3 nitrogen and oxygen atoms in total. The molecule has 5 heteroatoms. The van der Waals surface area contributed by atoms with E-state index in [1.54, 1.807) is 6.20 Å². The quantitative estimate of drug-likeness (QED) is 0.355. The standard InChI is InChI=1S/C28H28B2N2O/c1-17-20-10-5-6-11-21(20)25-22-12-7-14-32-27(22)33-26(25)24(17)23-16-19(13-15-31-23)28(29,30)18-8-3-2-4-9-18/h5-7,10-16,18H,2-4,8-9,29-30H2,1H3. The molecule has 0 atom stereocenters. The molecule has 0 aliphatic heterocycles. The van der Waals surface area contributed by atoms with E-state index >= 15 is 0 Å². The Morgan fingerprint density at radius 1 is 0.879 bits per heavy atom.